The summed E-state index contributed by atoms with van der Waals surface area (Å²) >= 11 is 1.41. The molecule has 1 aliphatic heterocycles. The SMILES string of the molecule is CS(=O)(=O)OC[C@@H]1COc2ccc(-c3nnc(SCc4ccc(-c5ccccc5C#N)cc4)o3)cc2O1. The lowest BCUT2D eigenvalue weighted by atomic mass is 10.00. The summed E-state index contributed by atoms with van der Waals surface area (Å²) in [5, 5.41) is 18.0. The van der Waals surface area contributed by atoms with Crippen LogP contribution in [0.15, 0.2) is 76.4 Å². The summed E-state index contributed by atoms with van der Waals surface area (Å²) < 4.78 is 44.6. The van der Waals surface area contributed by atoms with Crippen molar-refractivity contribution in [1.82, 2.24) is 10.2 Å². The highest BCUT2D eigenvalue weighted by Crippen LogP contribution is 2.36. The summed E-state index contributed by atoms with van der Waals surface area (Å²) in [6.07, 6.45) is 0.421. The number of nitrogens with zero attached hydrogens (tertiary/aromatic N) is 3. The van der Waals surface area contributed by atoms with Gasteiger partial charge in [0.1, 0.15) is 13.2 Å². The Balaban J connectivity index is 1.22. The Kier molecular flexibility index (Phi) is 7.14. The molecule has 0 spiro atoms. The molecule has 0 fully saturated rings. The number of fused-ring (bicyclic) bond motifs is 1. The molecule has 0 aliphatic carbocycles. The molecule has 1 aromatic heterocycles. The summed E-state index contributed by atoms with van der Waals surface area (Å²) in [4.78, 5) is 0. The number of ether oxygens (including phenoxy) is 2. The van der Waals surface area contributed by atoms with E-state index in [9.17, 15) is 13.7 Å². The third-order valence-electron chi connectivity index (χ3n) is 5.46. The summed E-state index contributed by atoms with van der Waals surface area (Å²) in [6.45, 7) is 0.0324. The number of hydrogen-bond acceptors (Lipinski definition) is 10. The molecule has 0 radical (unpaired) electrons. The Bertz CT molecular complexity index is 1560. The highest BCUT2D eigenvalue weighted by atomic mass is 32.2. The van der Waals surface area contributed by atoms with Crippen LogP contribution in [0.25, 0.3) is 22.6 Å². The Morgan fingerprint density at radius 3 is 2.62 bits per heavy atom. The largest absolute Gasteiger partial charge is 0.486 e. The lowest BCUT2D eigenvalue weighted by Gasteiger charge is -2.26. The van der Waals surface area contributed by atoms with Crippen molar-refractivity contribution in [2.45, 2.75) is 17.1 Å². The number of hydrogen-bond donors (Lipinski definition) is 0. The van der Waals surface area contributed by atoms with E-state index in [2.05, 4.69) is 16.3 Å². The van der Waals surface area contributed by atoms with Crippen LogP contribution in [0.3, 0.4) is 0 Å². The molecule has 1 aliphatic rings. The van der Waals surface area contributed by atoms with Gasteiger partial charge in [-0.3, -0.25) is 4.18 Å². The first-order valence-electron chi connectivity index (χ1n) is 11.2. The van der Waals surface area contributed by atoms with Crippen molar-refractivity contribution in [1.29, 1.82) is 5.26 Å². The molecule has 11 heteroatoms. The van der Waals surface area contributed by atoms with E-state index in [1.807, 2.05) is 42.5 Å². The summed E-state index contributed by atoms with van der Waals surface area (Å²) in [5.41, 5.74) is 4.24. The third kappa shape index (κ3) is 6.11. The van der Waals surface area contributed by atoms with Gasteiger partial charge in [0.2, 0.25) is 5.89 Å². The lowest BCUT2D eigenvalue weighted by Crippen LogP contribution is -2.34. The number of thioether (sulfide) groups is 1. The Hall–Kier alpha value is -3.85. The van der Waals surface area contributed by atoms with Crippen LogP contribution in [0.1, 0.15) is 11.1 Å². The fourth-order valence-corrected chi connectivity index (χ4v) is 4.79. The molecule has 0 unspecified atom stereocenters. The monoisotopic (exact) mass is 535 g/mol. The Labute approximate surface area is 218 Å². The molecule has 5 rings (SSSR count). The predicted octanol–water partition coefficient (Wildman–Crippen LogP) is 4.68. The molecule has 37 heavy (non-hydrogen) atoms. The van der Waals surface area contributed by atoms with E-state index in [1.54, 1.807) is 24.3 Å². The van der Waals surface area contributed by atoms with Crippen LogP contribution in [0.4, 0.5) is 0 Å². The Morgan fingerprint density at radius 2 is 1.84 bits per heavy atom. The highest BCUT2D eigenvalue weighted by Gasteiger charge is 2.24. The molecule has 0 N–H and O–H groups in total. The van der Waals surface area contributed by atoms with Gasteiger partial charge >= 0.3 is 0 Å². The zero-order valence-electron chi connectivity index (χ0n) is 19.7. The predicted molar refractivity (Wildman–Crippen MR) is 137 cm³/mol. The van der Waals surface area contributed by atoms with E-state index >= 15 is 0 Å². The van der Waals surface area contributed by atoms with Gasteiger partial charge in [-0.05, 0) is 41.0 Å². The molecular formula is C26H21N3O6S2. The van der Waals surface area contributed by atoms with Crippen molar-refractivity contribution < 1.29 is 26.5 Å². The second-order valence-corrected chi connectivity index (χ2v) is 10.8. The number of rotatable bonds is 8. The van der Waals surface area contributed by atoms with Gasteiger partial charge < -0.3 is 13.9 Å². The van der Waals surface area contributed by atoms with E-state index in [-0.39, 0.29) is 13.2 Å². The van der Waals surface area contributed by atoms with E-state index in [0.29, 0.717) is 39.5 Å². The minimum Gasteiger partial charge on any atom is -0.486 e. The van der Waals surface area contributed by atoms with Gasteiger partial charge in [-0.15, -0.1) is 10.2 Å². The van der Waals surface area contributed by atoms with Gasteiger partial charge in [0, 0.05) is 11.3 Å². The molecule has 0 bridgehead atoms. The minimum absolute atomic E-state index is 0.143. The average molecular weight is 536 g/mol. The van der Waals surface area contributed by atoms with Crippen molar-refractivity contribution in [2.24, 2.45) is 0 Å². The zero-order chi connectivity index (χ0) is 25.8. The van der Waals surface area contributed by atoms with E-state index in [1.165, 1.54) is 11.8 Å². The average Bonchev–Trinajstić information content (AvgIpc) is 3.39. The third-order valence-corrected chi connectivity index (χ3v) is 6.91. The van der Waals surface area contributed by atoms with Crippen LogP contribution >= 0.6 is 11.8 Å². The van der Waals surface area contributed by atoms with Crippen LogP contribution in [0.5, 0.6) is 11.5 Å². The van der Waals surface area contributed by atoms with Gasteiger partial charge in [0.05, 0.1) is 17.9 Å². The maximum Gasteiger partial charge on any atom is 0.277 e. The summed E-state index contributed by atoms with van der Waals surface area (Å²) in [7, 11) is -3.58. The molecule has 4 aromatic rings. The van der Waals surface area contributed by atoms with Crippen molar-refractivity contribution in [2.75, 3.05) is 19.5 Å². The maximum atomic E-state index is 11.2. The van der Waals surface area contributed by atoms with Crippen molar-refractivity contribution in [3.8, 4) is 40.1 Å². The second-order valence-electron chi connectivity index (χ2n) is 8.22. The lowest BCUT2D eigenvalue weighted by molar-refractivity contribution is 0.0558. The topological polar surface area (TPSA) is 125 Å². The van der Waals surface area contributed by atoms with Gasteiger partial charge in [-0.2, -0.15) is 13.7 Å². The van der Waals surface area contributed by atoms with E-state index < -0.39 is 16.2 Å². The fourth-order valence-electron chi connectivity index (χ4n) is 3.67. The van der Waals surface area contributed by atoms with Crippen LogP contribution in [-0.2, 0) is 20.1 Å². The van der Waals surface area contributed by atoms with Crippen molar-refractivity contribution in [3.05, 3.63) is 77.9 Å². The first kappa shape index (κ1) is 24.8. The summed E-state index contributed by atoms with van der Waals surface area (Å²) in [6, 6.07) is 23.0. The first-order valence-corrected chi connectivity index (χ1v) is 14.0. The number of aromatic nitrogens is 2. The van der Waals surface area contributed by atoms with Crippen molar-refractivity contribution >= 4 is 21.9 Å². The van der Waals surface area contributed by atoms with Crippen molar-refractivity contribution in [3.63, 3.8) is 0 Å². The molecule has 3 aromatic carbocycles. The van der Waals surface area contributed by atoms with Gasteiger partial charge in [-0.1, -0.05) is 54.2 Å². The van der Waals surface area contributed by atoms with E-state index in [4.69, 9.17) is 18.1 Å². The van der Waals surface area contributed by atoms with Crippen LogP contribution in [-0.4, -0.2) is 44.2 Å². The minimum atomic E-state index is -3.58. The van der Waals surface area contributed by atoms with Crippen LogP contribution in [0.2, 0.25) is 0 Å². The smallest absolute Gasteiger partial charge is 0.277 e. The molecule has 188 valence electrons. The maximum absolute atomic E-state index is 11.2. The van der Waals surface area contributed by atoms with Gasteiger partial charge in [0.15, 0.2) is 17.6 Å². The molecular weight excluding hydrogens is 514 g/mol. The van der Waals surface area contributed by atoms with Gasteiger partial charge in [0.25, 0.3) is 15.3 Å². The summed E-state index contributed by atoms with van der Waals surface area (Å²) in [5.74, 6) is 1.93. The van der Waals surface area contributed by atoms with Crippen LogP contribution in [0, 0.1) is 11.3 Å². The van der Waals surface area contributed by atoms with E-state index in [0.717, 1.165) is 22.9 Å². The second kappa shape index (κ2) is 10.6. The molecule has 1 atom stereocenters. The molecule has 9 nitrogen and oxygen atoms in total. The molecule has 0 saturated carbocycles. The quantitative estimate of drug-likeness (QED) is 0.232. The molecule has 0 amide bonds. The standard InChI is InChI=1S/C26H21N3O6S2/c1-37(30,31)33-15-21-14-32-23-11-10-19(12-24(23)34-21)25-28-29-26(35-25)36-16-17-6-8-18(9-7-17)22-5-3-2-4-20(22)13-27/h2-12,21H,14-16H2,1H3/t21-/m0/s1. The number of benzene rings is 3. The molecule has 0 saturated heterocycles. The Morgan fingerprint density at radius 1 is 1.05 bits per heavy atom. The van der Waals surface area contributed by atoms with Gasteiger partial charge in [-0.25, -0.2) is 0 Å². The number of nitriles is 1. The first-order chi connectivity index (χ1) is 17.9. The molecule has 2 heterocycles. The fraction of sp³-hybridized carbons (Fsp3) is 0.192. The van der Waals surface area contributed by atoms with Crippen LogP contribution < -0.4 is 9.47 Å². The zero-order valence-corrected chi connectivity index (χ0v) is 21.3. The highest BCUT2D eigenvalue weighted by molar-refractivity contribution is 7.98. The normalized spacial score (nSPS) is 14.8.